The first-order chi connectivity index (χ1) is 47.6. The van der Waals surface area contributed by atoms with E-state index in [1.807, 2.05) is 0 Å². The van der Waals surface area contributed by atoms with E-state index < -0.39 is 0 Å². The molecule has 0 unspecified atom stereocenters. The summed E-state index contributed by atoms with van der Waals surface area (Å²) < 4.78 is 118. The Morgan fingerprint density at radius 1 is 0.289 bits per heavy atom. The lowest BCUT2D eigenvalue weighted by Crippen LogP contribution is -3.00. The lowest BCUT2D eigenvalue weighted by atomic mass is 10.1. The number of quaternary nitrogens is 1. The van der Waals surface area contributed by atoms with Crippen molar-refractivity contribution in [3.8, 4) is 0 Å². The molecule has 0 amide bonds. The first kappa shape index (κ1) is 95.8. The molecule has 0 N–H and O–H groups in total. The lowest BCUT2D eigenvalue weighted by molar-refractivity contribution is -0.913. The molecule has 24 nitrogen and oxygen atoms in total. The summed E-state index contributed by atoms with van der Waals surface area (Å²) in [4.78, 5) is 14.6. The zero-order valence-corrected chi connectivity index (χ0v) is 63.2. The van der Waals surface area contributed by atoms with Crippen LogP contribution in [0.4, 0.5) is 0 Å². The third kappa shape index (κ3) is 78.8. The molecule has 97 heavy (non-hydrogen) atoms. The zero-order valence-electron chi connectivity index (χ0n) is 61.6. The van der Waals surface area contributed by atoms with Crippen LogP contribution in [0.25, 0.3) is 0 Å². The van der Waals surface area contributed by atoms with Crippen LogP contribution in [0.2, 0.25) is 0 Å². The summed E-state index contributed by atoms with van der Waals surface area (Å²) in [6, 6.07) is 0. The highest BCUT2D eigenvalue weighted by Crippen LogP contribution is 2.14. The standard InChI is InChI=1S/C72H143N2O22.BrH/c1-4-6-8-10-11-12-13-14-15-16-17-18-19-20-21-23-31-76-32-33-77-34-35-78-36-37-79-38-39-80-40-41-81-42-43-82-44-45-83-46-47-84-48-49-85-50-51-86-52-53-87-54-55-88-56-57-89-58-59-90-60-61-91-62-63-92-64-65-93-66-67-94-68-69-95-70-71-96-72(75)24-25-73-26-29-74(3,30-27-73)28-22-9-7-5-2;/h14-15H,4-13,16-71H2,1-3H3;1H/q+1;/p-1/b15-14-;. The van der Waals surface area contributed by atoms with Gasteiger partial charge in [-0.3, -0.25) is 9.69 Å². The monoisotopic (exact) mass is 1470 g/mol. The second-order valence-electron chi connectivity index (χ2n) is 23.8. The van der Waals surface area contributed by atoms with Crippen LogP contribution in [0.15, 0.2) is 12.2 Å². The number of allylic oxidation sites excluding steroid dienone is 2. The Balaban J connectivity index is 0.0000922. The van der Waals surface area contributed by atoms with E-state index in [0.717, 1.165) is 50.2 Å². The van der Waals surface area contributed by atoms with Crippen LogP contribution in [0.1, 0.15) is 136 Å². The van der Waals surface area contributed by atoms with Crippen LogP contribution >= 0.6 is 0 Å². The zero-order chi connectivity index (χ0) is 68.6. The first-order valence-electron chi connectivity index (χ1n) is 37.5. The van der Waals surface area contributed by atoms with Crippen molar-refractivity contribution in [2.75, 3.05) is 317 Å². The van der Waals surface area contributed by atoms with Gasteiger partial charge in [-0.15, -0.1) is 0 Å². The first-order valence-corrected chi connectivity index (χ1v) is 37.5. The fourth-order valence-corrected chi connectivity index (χ4v) is 9.62. The average Bonchev–Trinajstić information content (AvgIpc) is 0.911. The number of ether oxygens (including phenoxy) is 21. The molecule has 0 bridgehead atoms. The minimum atomic E-state index is -0.165. The van der Waals surface area contributed by atoms with E-state index in [9.17, 15) is 4.79 Å². The highest BCUT2D eigenvalue weighted by molar-refractivity contribution is 5.69. The van der Waals surface area contributed by atoms with E-state index in [4.69, 9.17) is 99.5 Å². The Morgan fingerprint density at radius 2 is 0.505 bits per heavy atom. The van der Waals surface area contributed by atoms with Crippen molar-refractivity contribution in [2.24, 2.45) is 0 Å². The van der Waals surface area contributed by atoms with Crippen molar-refractivity contribution in [3.63, 3.8) is 0 Å². The predicted molar refractivity (Wildman–Crippen MR) is 373 cm³/mol. The number of rotatable bonds is 84. The van der Waals surface area contributed by atoms with Gasteiger partial charge in [-0.05, 0) is 44.9 Å². The van der Waals surface area contributed by atoms with Gasteiger partial charge in [0.2, 0.25) is 0 Å². The SMILES string of the molecule is CCCCCCCC/C=C\CCCCCCCCOCCOCCOCCOCCOCCOCCOCCOCCOCCOCCOCCOCCOCCOCCOCCOCCOCCOCCOCCOCCOC(=O)CCN1CC[N+](C)(CCCCCC)CC1.[Br-]. The summed E-state index contributed by atoms with van der Waals surface area (Å²) in [7, 11) is 2.37. The highest BCUT2D eigenvalue weighted by atomic mass is 79.9. The van der Waals surface area contributed by atoms with Crippen molar-refractivity contribution in [1.29, 1.82) is 0 Å². The van der Waals surface area contributed by atoms with Gasteiger partial charge in [-0.25, -0.2) is 0 Å². The molecular weight excluding hydrogens is 1320 g/mol. The number of likely N-dealkylation sites (N-methyl/N-ethyl adjacent to an activating group) is 1. The topological polar surface area (TPSA) is 214 Å². The number of nitrogens with zero attached hydrogens (tertiary/aromatic N) is 2. The molecular formula is C72H143BrN2O22. The smallest absolute Gasteiger partial charge is 0.307 e. The van der Waals surface area contributed by atoms with Gasteiger partial charge in [-0.1, -0.05) is 96.6 Å². The Morgan fingerprint density at radius 3 is 0.773 bits per heavy atom. The molecule has 1 rings (SSSR count). The van der Waals surface area contributed by atoms with Crippen molar-refractivity contribution in [1.82, 2.24) is 4.90 Å². The van der Waals surface area contributed by atoms with Gasteiger partial charge in [0, 0.05) is 26.2 Å². The van der Waals surface area contributed by atoms with E-state index in [1.54, 1.807) is 0 Å². The molecule has 0 aromatic rings. The van der Waals surface area contributed by atoms with E-state index in [-0.39, 0.29) is 29.6 Å². The van der Waals surface area contributed by atoms with Crippen molar-refractivity contribution < 1.29 is 126 Å². The summed E-state index contributed by atoms with van der Waals surface area (Å²) in [6.45, 7) is 31.4. The summed E-state index contributed by atoms with van der Waals surface area (Å²) in [5.41, 5.74) is 0. The number of unbranched alkanes of at least 4 members (excludes halogenated alkanes) is 15. The number of hydrogen-bond acceptors (Lipinski definition) is 23. The lowest BCUT2D eigenvalue weighted by Gasteiger charge is -2.42. The molecule has 1 fully saturated rings. The molecule has 0 aliphatic carbocycles. The minimum Gasteiger partial charge on any atom is -1.00 e. The summed E-state index contributed by atoms with van der Waals surface area (Å²) in [6.07, 6.45) is 28.9. The van der Waals surface area contributed by atoms with Gasteiger partial charge >= 0.3 is 5.97 Å². The molecule has 1 heterocycles. The molecule has 25 heteroatoms. The van der Waals surface area contributed by atoms with E-state index >= 15 is 0 Å². The largest absolute Gasteiger partial charge is 1.00 e. The maximum Gasteiger partial charge on any atom is 0.307 e. The van der Waals surface area contributed by atoms with E-state index in [1.165, 1.54) is 116 Å². The fourth-order valence-electron chi connectivity index (χ4n) is 9.62. The predicted octanol–water partition coefficient (Wildman–Crippen LogP) is 5.64. The summed E-state index contributed by atoms with van der Waals surface area (Å²) >= 11 is 0. The molecule has 1 aliphatic rings. The van der Waals surface area contributed by atoms with Crippen LogP contribution in [0, 0.1) is 0 Å². The third-order valence-corrected chi connectivity index (χ3v) is 15.5. The summed E-state index contributed by atoms with van der Waals surface area (Å²) in [5.74, 6) is -0.165. The second kappa shape index (κ2) is 83.8. The molecule has 0 atom stereocenters. The van der Waals surface area contributed by atoms with Gasteiger partial charge in [-0.2, -0.15) is 0 Å². The Bertz CT molecular complexity index is 1520. The van der Waals surface area contributed by atoms with Crippen LogP contribution in [-0.4, -0.2) is 333 Å². The number of hydrogen-bond donors (Lipinski definition) is 0. The van der Waals surface area contributed by atoms with E-state index in [0.29, 0.717) is 264 Å². The van der Waals surface area contributed by atoms with Gasteiger partial charge in [0.25, 0.3) is 0 Å². The summed E-state index contributed by atoms with van der Waals surface area (Å²) in [5, 5.41) is 0. The van der Waals surface area contributed by atoms with Crippen LogP contribution in [-0.2, 0) is 104 Å². The normalized spacial score (nSPS) is 13.4. The van der Waals surface area contributed by atoms with E-state index in [2.05, 4.69) is 37.9 Å². The van der Waals surface area contributed by atoms with Gasteiger partial charge in [0.1, 0.15) is 6.61 Å². The maximum atomic E-state index is 12.2. The van der Waals surface area contributed by atoms with Gasteiger partial charge in [0.05, 0.1) is 291 Å². The Hall–Kier alpha value is -1.19. The molecule has 0 saturated carbocycles. The third-order valence-electron chi connectivity index (χ3n) is 15.5. The van der Waals surface area contributed by atoms with Crippen molar-refractivity contribution in [2.45, 2.75) is 136 Å². The molecule has 0 aromatic carbocycles. The number of carbonyl (C=O) groups excluding carboxylic acids is 1. The molecule has 0 radical (unpaired) electrons. The van der Waals surface area contributed by atoms with Crippen LogP contribution < -0.4 is 17.0 Å². The number of carbonyl (C=O) groups is 1. The second-order valence-corrected chi connectivity index (χ2v) is 23.8. The molecule has 0 spiro atoms. The maximum absolute atomic E-state index is 12.2. The number of esters is 1. The van der Waals surface area contributed by atoms with Gasteiger partial charge < -0.3 is 121 Å². The fraction of sp³-hybridized carbons (Fsp3) is 0.958. The number of piperazine rings is 1. The quantitative estimate of drug-likeness (QED) is 0.0312. The number of halogens is 1. The molecule has 1 aliphatic heterocycles. The van der Waals surface area contributed by atoms with Gasteiger partial charge in [0.15, 0.2) is 0 Å². The average molecular weight is 1470 g/mol. The molecule has 1 saturated heterocycles. The molecule has 0 aromatic heterocycles. The Labute approximate surface area is 599 Å². The van der Waals surface area contributed by atoms with Crippen LogP contribution in [0.3, 0.4) is 0 Å². The van der Waals surface area contributed by atoms with Crippen LogP contribution in [0.5, 0.6) is 0 Å². The van der Waals surface area contributed by atoms with Crippen molar-refractivity contribution in [3.05, 3.63) is 12.2 Å². The van der Waals surface area contributed by atoms with Crippen molar-refractivity contribution >= 4 is 5.97 Å². The minimum absolute atomic E-state index is 0. The highest BCUT2D eigenvalue weighted by Gasteiger charge is 2.28. The molecule has 580 valence electrons. The Kier molecular flexibility index (Phi) is 82.7.